The predicted octanol–water partition coefficient (Wildman–Crippen LogP) is 5.16. The Morgan fingerprint density at radius 3 is 2.26 bits per heavy atom. The molecule has 3 aromatic carbocycles. The number of rotatable bonds is 8. The maximum atomic E-state index is 12.4. The third-order valence-corrected chi connectivity index (χ3v) is 11.4. The molecular weight excluding hydrogens is 566 g/mol. The average Bonchev–Trinajstić information content (AvgIpc) is 3.20. The molecule has 2 N–H and O–H groups in total. The molecule has 0 aromatic heterocycles. The van der Waals surface area contributed by atoms with Crippen LogP contribution in [0.25, 0.3) is 0 Å². The summed E-state index contributed by atoms with van der Waals surface area (Å²) in [7, 11) is -8.35. The van der Waals surface area contributed by atoms with E-state index in [1.807, 2.05) is 42.8 Å². The fraction of sp³-hybridized carbons (Fsp3) is 0.231. The Labute approximate surface area is 230 Å². The number of aliphatic imine (C=N–C) groups is 1. The molecule has 0 aliphatic carbocycles. The van der Waals surface area contributed by atoms with E-state index < -0.39 is 36.8 Å². The van der Waals surface area contributed by atoms with Gasteiger partial charge in [-0.05, 0) is 66.6 Å². The van der Waals surface area contributed by atoms with Gasteiger partial charge in [-0.15, -0.1) is 0 Å². The zero-order chi connectivity index (χ0) is 27.7. The van der Waals surface area contributed by atoms with Crippen molar-refractivity contribution in [2.24, 2.45) is 4.99 Å². The molecular formula is C26H28ClN3O5S3. The number of amides is 2. The zero-order valence-corrected chi connectivity index (χ0v) is 24.3. The summed E-state index contributed by atoms with van der Waals surface area (Å²) in [6, 6.07) is 16.6. The molecule has 0 saturated carbocycles. The second kappa shape index (κ2) is 11.1. The Morgan fingerprint density at radius 2 is 1.66 bits per heavy atom. The lowest BCUT2D eigenvalue weighted by atomic mass is 10.1. The highest BCUT2D eigenvalue weighted by Crippen LogP contribution is 2.56. The smallest absolute Gasteiger partial charge is 0.328 e. The Bertz CT molecular complexity index is 1620. The molecule has 1 aliphatic heterocycles. The number of sulfone groups is 1. The molecule has 0 fully saturated rings. The minimum atomic E-state index is -3.95. The highest BCUT2D eigenvalue weighted by molar-refractivity contribution is 8.30. The largest absolute Gasteiger partial charge is 0.337 e. The average molecular weight is 594 g/mol. The second-order valence-corrected chi connectivity index (χ2v) is 15.1. The number of nitrogens with zero attached hydrogens (tertiary/aromatic N) is 1. The fourth-order valence-corrected chi connectivity index (χ4v) is 8.76. The van der Waals surface area contributed by atoms with Crippen LogP contribution in [-0.4, -0.2) is 40.7 Å². The van der Waals surface area contributed by atoms with Crippen molar-refractivity contribution in [1.82, 2.24) is 10.0 Å². The lowest BCUT2D eigenvalue weighted by Crippen LogP contribution is -2.40. The molecule has 1 atom stereocenters. The number of sulfonamides is 1. The monoisotopic (exact) mass is 593 g/mol. The molecule has 12 heteroatoms. The van der Waals surface area contributed by atoms with Crippen LogP contribution in [0.2, 0.25) is 5.02 Å². The van der Waals surface area contributed by atoms with Gasteiger partial charge in [0.1, 0.15) is 0 Å². The van der Waals surface area contributed by atoms with Gasteiger partial charge in [0.05, 0.1) is 25.5 Å². The van der Waals surface area contributed by atoms with E-state index >= 15 is 0 Å². The van der Waals surface area contributed by atoms with E-state index in [1.165, 1.54) is 12.1 Å². The number of hydrogen-bond donors (Lipinski definition) is 3. The SMILES string of the molecule is CCC1=Nc2cc(S(C)(=O)=O)c(Cl)cc2[SH]1c1ccc(CCNC(=O)NS(=O)(=O)c2ccc(C)cc2)cc1. The second-order valence-electron chi connectivity index (χ2n) is 8.85. The predicted molar refractivity (Wildman–Crippen MR) is 153 cm³/mol. The van der Waals surface area contributed by atoms with Crippen LogP contribution in [0.15, 0.2) is 85.2 Å². The number of halogens is 1. The first-order valence-corrected chi connectivity index (χ1v) is 16.9. The number of nitrogens with one attached hydrogen (secondary N) is 2. The van der Waals surface area contributed by atoms with Gasteiger partial charge in [0.25, 0.3) is 10.0 Å². The minimum absolute atomic E-state index is 0.0214. The Morgan fingerprint density at radius 1 is 1.00 bits per heavy atom. The van der Waals surface area contributed by atoms with Crippen molar-refractivity contribution < 1.29 is 21.6 Å². The fourth-order valence-electron chi connectivity index (χ4n) is 4.00. The van der Waals surface area contributed by atoms with Crippen LogP contribution in [0.4, 0.5) is 10.5 Å². The number of aryl methyl sites for hydroxylation is 1. The molecule has 0 radical (unpaired) electrons. The van der Waals surface area contributed by atoms with Gasteiger partial charge in [-0.3, -0.25) is 0 Å². The highest BCUT2D eigenvalue weighted by atomic mass is 35.5. The number of benzene rings is 3. The minimum Gasteiger partial charge on any atom is -0.337 e. The normalized spacial score (nSPS) is 16.0. The maximum Gasteiger partial charge on any atom is 0.328 e. The van der Waals surface area contributed by atoms with Crippen LogP contribution in [-0.2, 0) is 26.3 Å². The van der Waals surface area contributed by atoms with E-state index in [0.717, 1.165) is 38.6 Å². The number of fused-ring (bicyclic) bond motifs is 1. The third kappa shape index (κ3) is 6.23. The topological polar surface area (TPSA) is 122 Å². The van der Waals surface area contributed by atoms with E-state index in [4.69, 9.17) is 16.6 Å². The summed E-state index contributed by atoms with van der Waals surface area (Å²) in [5, 5.41) is 3.76. The lowest BCUT2D eigenvalue weighted by molar-refractivity contribution is 0.246. The summed E-state index contributed by atoms with van der Waals surface area (Å²) in [6.45, 7) is 4.11. The Balaban J connectivity index is 1.41. The van der Waals surface area contributed by atoms with E-state index in [0.29, 0.717) is 12.1 Å². The van der Waals surface area contributed by atoms with Gasteiger partial charge in [0, 0.05) is 17.7 Å². The van der Waals surface area contributed by atoms with Crippen LogP contribution in [0, 0.1) is 6.92 Å². The molecule has 2 amide bonds. The van der Waals surface area contributed by atoms with Crippen LogP contribution >= 0.6 is 22.5 Å². The number of urea groups is 1. The van der Waals surface area contributed by atoms with Crippen molar-refractivity contribution >= 4 is 59.1 Å². The standard InChI is InChI=1S/C26H28ClN3O5S3/c1-4-25-29-22-16-24(37(3,32)33)21(27)15-23(22)36(25)19-9-7-18(8-10-19)13-14-28-26(31)30-38(34,35)20-11-5-17(2)6-12-20/h5-12,15-16,36H,4,13-14H2,1-3H3,(H2,28,30,31). The van der Waals surface area contributed by atoms with Gasteiger partial charge in [-0.2, -0.15) is 10.9 Å². The summed E-state index contributed by atoms with van der Waals surface area (Å²) in [5.41, 5.74) is 2.52. The summed E-state index contributed by atoms with van der Waals surface area (Å²) >= 11 is 6.33. The van der Waals surface area contributed by atoms with E-state index in [1.54, 1.807) is 24.3 Å². The van der Waals surface area contributed by atoms with E-state index in [2.05, 4.69) is 5.32 Å². The maximum absolute atomic E-state index is 12.4. The quantitative estimate of drug-likeness (QED) is 0.312. The van der Waals surface area contributed by atoms with Crippen LogP contribution < -0.4 is 10.0 Å². The van der Waals surface area contributed by atoms with Crippen LogP contribution in [0.3, 0.4) is 0 Å². The first-order valence-electron chi connectivity index (χ1n) is 11.8. The van der Waals surface area contributed by atoms with Gasteiger partial charge in [-0.1, -0.05) is 48.4 Å². The van der Waals surface area contributed by atoms with Gasteiger partial charge in [0.2, 0.25) is 0 Å². The molecule has 3 aromatic rings. The lowest BCUT2D eigenvalue weighted by Gasteiger charge is -2.20. The molecule has 0 spiro atoms. The molecule has 1 unspecified atom stereocenters. The van der Waals surface area contributed by atoms with Crippen molar-refractivity contribution in [3.63, 3.8) is 0 Å². The number of carbonyl (C=O) groups excluding carboxylic acids is 1. The van der Waals surface area contributed by atoms with Crippen molar-refractivity contribution in [2.75, 3.05) is 12.8 Å². The zero-order valence-electron chi connectivity index (χ0n) is 21.0. The Kier molecular flexibility index (Phi) is 8.22. The summed E-state index contributed by atoms with van der Waals surface area (Å²) in [4.78, 5) is 18.9. The molecule has 38 heavy (non-hydrogen) atoms. The number of hydrogen-bond acceptors (Lipinski definition) is 6. The molecule has 202 valence electrons. The number of carbonyl (C=O) groups is 1. The molecule has 1 heterocycles. The molecule has 4 rings (SSSR count). The summed E-state index contributed by atoms with van der Waals surface area (Å²) in [5.74, 6) is 0. The Hall–Kier alpha value is -2.86. The molecule has 1 aliphatic rings. The summed E-state index contributed by atoms with van der Waals surface area (Å²) in [6.07, 6.45) is 2.35. The van der Waals surface area contributed by atoms with Gasteiger partial charge in [-0.25, -0.2) is 31.3 Å². The van der Waals surface area contributed by atoms with E-state index in [9.17, 15) is 21.6 Å². The van der Waals surface area contributed by atoms with Crippen molar-refractivity contribution in [3.8, 4) is 0 Å². The van der Waals surface area contributed by atoms with E-state index in [-0.39, 0.29) is 21.4 Å². The first kappa shape index (κ1) is 28.2. The first-order chi connectivity index (χ1) is 17.9. The van der Waals surface area contributed by atoms with Gasteiger partial charge in [0.15, 0.2) is 9.84 Å². The number of thiol groups is 1. The molecule has 0 saturated heterocycles. The summed E-state index contributed by atoms with van der Waals surface area (Å²) < 4.78 is 50.9. The molecule has 8 nitrogen and oxygen atoms in total. The van der Waals surface area contributed by atoms with Gasteiger partial charge < -0.3 is 5.32 Å². The highest BCUT2D eigenvalue weighted by Gasteiger charge is 2.27. The van der Waals surface area contributed by atoms with Crippen molar-refractivity contribution in [2.45, 2.75) is 46.3 Å². The van der Waals surface area contributed by atoms with Crippen molar-refractivity contribution in [1.29, 1.82) is 0 Å². The van der Waals surface area contributed by atoms with Crippen molar-refractivity contribution in [3.05, 3.63) is 76.8 Å². The molecule has 0 bridgehead atoms. The third-order valence-electron chi connectivity index (χ3n) is 5.95. The van der Waals surface area contributed by atoms with Crippen LogP contribution in [0.5, 0.6) is 0 Å². The van der Waals surface area contributed by atoms with Crippen LogP contribution in [0.1, 0.15) is 24.5 Å². The van der Waals surface area contributed by atoms with Gasteiger partial charge >= 0.3 is 6.03 Å².